The summed E-state index contributed by atoms with van der Waals surface area (Å²) in [5.74, 6) is 0.928. The van der Waals surface area contributed by atoms with Gasteiger partial charge in [-0.2, -0.15) is 0 Å². The molecule has 174 valence electrons. The van der Waals surface area contributed by atoms with Crippen LogP contribution in [-0.2, 0) is 20.9 Å². The van der Waals surface area contributed by atoms with E-state index in [0.717, 1.165) is 15.8 Å². The van der Waals surface area contributed by atoms with Crippen molar-refractivity contribution in [1.82, 2.24) is 9.47 Å². The number of hydrogen-bond donors (Lipinski definition) is 1. The van der Waals surface area contributed by atoms with E-state index in [2.05, 4.69) is 5.32 Å². The molecule has 0 unspecified atom stereocenters. The molecule has 0 spiro atoms. The van der Waals surface area contributed by atoms with E-state index in [1.165, 1.54) is 11.8 Å². The second kappa shape index (κ2) is 10.3. The largest absolute Gasteiger partial charge is 0.497 e. The number of morpholine rings is 1. The highest BCUT2D eigenvalue weighted by molar-refractivity contribution is 8.00. The summed E-state index contributed by atoms with van der Waals surface area (Å²) in [4.78, 5) is 28.4. The smallest absolute Gasteiger partial charge is 0.242 e. The van der Waals surface area contributed by atoms with Crippen molar-refractivity contribution in [2.24, 2.45) is 0 Å². The third kappa shape index (κ3) is 5.69. The van der Waals surface area contributed by atoms with Crippen LogP contribution in [0.4, 0.5) is 5.69 Å². The molecule has 4 rings (SSSR count). The molecule has 1 N–H and O–H groups in total. The van der Waals surface area contributed by atoms with Crippen molar-refractivity contribution >= 4 is 40.2 Å². The number of amides is 2. The molecule has 0 bridgehead atoms. The minimum Gasteiger partial charge on any atom is -0.497 e. The number of aromatic nitrogens is 1. The molecule has 3 aromatic rings. The predicted octanol–water partition coefficient (Wildman–Crippen LogP) is 4.02. The first-order chi connectivity index (χ1) is 15.9. The van der Waals surface area contributed by atoms with Crippen molar-refractivity contribution in [2.45, 2.75) is 37.5 Å². The fourth-order valence-electron chi connectivity index (χ4n) is 4.13. The van der Waals surface area contributed by atoms with Gasteiger partial charge in [-0.1, -0.05) is 24.3 Å². The maximum atomic E-state index is 13.0. The molecule has 1 saturated heterocycles. The second-order valence-electron chi connectivity index (χ2n) is 8.26. The first-order valence-electron chi connectivity index (χ1n) is 11.0. The van der Waals surface area contributed by atoms with Gasteiger partial charge in [0.15, 0.2) is 0 Å². The number of para-hydroxylation sites is 1. The minimum absolute atomic E-state index is 0.0355. The van der Waals surface area contributed by atoms with E-state index in [1.54, 1.807) is 13.2 Å². The topological polar surface area (TPSA) is 72.8 Å². The van der Waals surface area contributed by atoms with Gasteiger partial charge < -0.3 is 24.3 Å². The van der Waals surface area contributed by atoms with Gasteiger partial charge in [0.25, 0.3) is 0 Å². The van der Waals surface area contributed by atoms with Gasteiger partial charge in [0.1, 0.15) is 12.3 Å². The normalized spacial score (nSPS) is 18.3. The first-order valence-corrected chi connectivity index (χ1v) is 12.0. The summed E-state index contributed by atoms with van der Waals surface area (Å²) in [6.45, 7) is 5.46. The summed E-state index contributed by atoms with van der Waals surface area (Å²) in [5.41, 5.74) is 1.68. The quantitative estimate of drug-likeness (QED) is 0.532. The molecule has 33 heavy (non-hydrogen) atoms. The Morgan fingerprint density at radius 2 is 1.88 bits per heavy atom. The van der Waals surface area contributed by atoms with E-state index in [-0.39, 0.29) is 36.3 Å². The molecular weight excluding hydrogens is 438 g/mol. The van der Waals surface area contributed by atoms with Gasteiger partial charge in [-0.15, -0.1) is 11.8 Å². The van der Waals surface area contributed by atoms with E-state index in [0.29, 0.717) is 24.5 Å². The van der Waals surface area contributed by atoms with Crippen LogP contribution in [0.2, 0.25) is 0 Å². The number of carbonyl (C=O) groups excluding carboxylic acids is 2. The monoisotopic (exact) mass is 467 g/mol. The molecule has 2 amide bonds. The molecule has 2 aromatic carbocycles. The Balaban J connectivity index is 1.44. The lowest BCUT2D eigenvalue weighted by molar-refractivity contribution is -0.143. The maximum absolute atomic E-state index is 13.0. The number of nitrogens with zero attached hydrogens (tertiary/aromatic N) is 2. The van der Waals surface area contributed by atoms with E-state index >= 15 is 0 Å². The minimum atomic E-state index is -0.0996. The fourth-order valence-corrected chi connectivity index (χ4v) is 5.02. The molecule has 1 aliphatic heterocycles. The number of nitrogens with one attached hydrogen (secondary N) is 1. The Hall–Kier alpha value is -2.97. The molecule has 1 aromatic heterocycles. The highest BCUT2D eigenvalue weighted by Gasteiger charge is 2.26. The van der Waals surface area contributed by atoms with Crippen molar-refractivity contribution in [1.29, 1.82) is 0 Å². The van der Waals surface area contributed by atoms with Crippen molar-refractivity contribution < 1.29 is 19.1 Å². The predicted molar refractivity (Wildman–Crippen MR) is 131 cm³/mol. The van der Waals surface area contributed by atoms with Crippen LogP contribution >= 0.6 is 11.8 Å². The third-order valence-electron chi connectivity index (χ3n) is 5.54. The number of benzene rings is 2. The lowest BCUT2D eigenvalue weighted by atomic mass is 10.2. The molecule has 0 aliphatic carbocycles. The van der Waals surface area contributed by atoms with Crippen LogP contribution in [-0.4, -0.2) is 59.4 Å². The maximum Gasteiger partial charge on any atom is 0.242 e. The van der Waals surface area contributed by atoms with Gasteiger partial charge in [-0.25, -0.2) is 0 Å². The third-order valence-corrected chi connectivity index (χ3v) is 6.59. The SMILES string of the molecule is COc1cccc(NC(=O)CSc2cn(CC(=O)N3C[C@H](C)O[C@@H](C)C3)c3ccccc23)c1. The summed E-state index contributed by atoms with van der Waals surface area (Å²) < 4.78 is 12.9. The lowest BCUT2D eigenvalue weighted by Gasteiger charge is -2.35. The number of fused-ring (bicyclic) bond motifs is 1. The summed E-state index contributed by atoms with van der Waals surface area (Å²) in [6, 6.07) is 15.3. The Morgan fingerprint density at radius 3 is 2.64 bits per heavy atom. The molecule has 0 saturated carbocycles. The molecular formula is C25H29N3O4S. The summed E-state index contributed by atoms with van der Waals surface area (Å²) in [5, 5.41) is 3.94. The van der Waals surface area contributed by atoms with E-state index in [4.69, 9.17) is 9.47 Å². The Morgan fingerprint density at radius 1 is 1.12 bits per heavy atom. The van der Waals surface area contributed by atoms with Crippen LogP contribution in [0.3, 0.4) is 0 Å². The number of thioether (sulfide) groups is 1. The van der Waals surface area contributed by atoms with Gasteiger partial charge in [0, 0.05) is 46.8 Å². The lowest BCUT2D eigenvalue weighted by Crippen LogP contribution is -2.49. The highest BCUT2D eigenvalue weighted by atomic mass is 32.2. The number of hydrogen-bond acceptors (Lipinski definition) is 5. The molecule has 1 aliphatic rings. The first kappa shape index (κ1) is 23.2. The van der Waals surface area contributed by atoms with Gasteiger partial charge in [-0.3, -0.25) is 9.59 Å². The molecule has 2 atom stereocenters. The van der Waals surface area contributed by atoms with E-state index in [9.17, 15) is 9.59 Å². The molecule has 1 fully saturated rings. The van der Waals surface area contributed by atoms with E-state index < -0.39 is 0 Å². The van der Waals surface area contributed by atoms with Gasteiger partial charge in [-0.05, 0) is 32.0 Å². The van der Waals surface area contributed by atoms with Crippen LogP contribution in [0.5, 0.6) is 5.75 Å². The Bertz CT molecular complexity index is 1140. The standard InChI is InChI=1S/C25H29N3O4S/c1-17-12-28(13-18(2)32-17)25(30)15-27-14-23(21-9-4-5-10-22(21)27)33-16-24(29)26-19-7-6-8-20(11-19)31-3/h4-11,14,17-18H,12-13,15-16H2,1-3H3,(H,26,29)/t17-,18-/m0/s1. The average molecular weight is 468 g/mol. The average Bonchev–Trinajstić information content (AvgIpc) is 3.14. The zero-order valence-corrected chi connectivity index (χ0v) is 19.9. The highest BCUT2D eigenvalue weighted by Crippen LogP contribution is 2.30. The molecule has 7 nitrogen and oxygen atoms in total. The summed E-state index contributed by atoms with van der Waals surface area (Å²) in [6.07, 6.45) is 2.04. The van der Waals surface area contributed by atoms with Gasteiger partial charge >= 0.3 is 0 Å². The van der Waals surface area contributed by atoms with Gasteiger partial charge in [0.05, 0.1) is 25.1 Å². The van der Waals surface area contributed by atoms with Crippen molar-refractivity contribution in [3.63, 3.8) is 0 Å². The number of methoxy groups -OCH3 is 1. The van der Waals surface area contributed by atoms with Crippen LogP contribution < -0.4 is 10.1 Å². The second-order valence-corrected chi connectivity index (χ2v) is 9.28. The molecule has 0 radical (unpaired) electrons. The van der Waals surface area contributed by atoms with Crippen molar-refractivity contribution in [3.8, 4) is 5.75 Å². The fraction of sp³-hybridized carbons (Fsp3) is 0.360. The van der Waals surface area contributed by atoms with Crippen LogP contribution in [0.1, 0.15) is 13.8 Å². The zero-order chi connectivity index (χ0) is 23.4. The Labute approximate surface area is 198 Å². The summed E-state index contributed by atoms with van der Waals surface area (Å²) in [7, 11) is 1.59. The zero-order valence-electron chi connectivity index (χ0n) is 19.1. The number of carbonyl (C=O) groups is 2. The van der Waals surface area contributed by atoms with Gasteiger partial charge in [0.2, 0.25) is 11.8 Å². The number of anilines is 1. The van der Waals surface area contributed by atoms with Crippen molar-refractivity contribution in [3.05, 3.63) is 54.7 Å². The number of ether oxygens (including phenoxy) is 2. The van der Waals surface area contributed by atoms with Crippen molar-refractivity contribution in [2.75, 3.05) is 31.3 Å². The molecule has 8 heteroatoms. The van der Waals surface area contributed by atoms with Crippen LogP contribution in [0, 0.1) is 0 Å². The summed E-state index contributed by atoms with van der Waals surface area (Å²) >= 11 is 1.46. The number of rotatable bonds is 7. The van der Waals surface area contributed by atoms with Crippen LogP contribution in [0.15, 0.2) is 59.6 Å². The van der Waals surface area contributed by atoms with Crippen LogP contribution in [0.25, 0.3) is 10.9 Å². The molecule has 2 heterocycles. The Kier molecular flexibility index (Phi) is 7.25. The van der Waals surface area contributed by atoms with E-state index in [1.807, 2.05) is 72.0 Å².